The second kappa shape index (κ2) is 9.32. The van der Waals surface area contributed by atoms with E-state index < -0.39 is 5.92 Å². The second-order valence-electron chi connectivity index (χ2n) is 7.63. The van der Waals surface area contributed by atoms with Crippen LogP contribution in [0.1, 0.15) is 12.0 Å². The van der Waals surface area contributed by atoms with Gasteiger partial charge in [-0.3, -0.25) is 9.59 Å². The van der Waals surface area contributed by atoms with Crippen LogP contribution in [0.2, 0.25) is 5.02 Å². The highest BCUT2D eigenvalue weighted by molar-refractivity contribution is 6.31. The van der Waals surface area contributed by atoms with Crippen LogP contribution in [-0.4, -0.2) is 25.5 Å². The molecule has 7 heteroatoms. The summed E-state index contributed by atoms with van der Waals surface area (Å²) < 4.78 is 11.3. The zero-order valence-electron chi connectivity index (χ0n) is 17.8. The maximum absolute atomic E-state index is 13.1. The molecule has 1 heterocycles. The number of hydrogen-bond donors (Lipinski definition) is 1. The van der Waals surface area contributed by atoms with Crippen molar-refractivity contribution in [3.8, 4) is 17.2 Å². The molecule has 1 N–H and O–H groups in total. The lowest BCUT2D eigenvalue weighted by Crippen LogP contribution is -2.28. The molecule has 164 valence electrons. The second-order valence-corrected chi connectivity index (χ2v) is 8.06. The molecule has 0 radical (unpaired) electrons. The van der Waals surface area contributed by atoms with Gasteiger partial charge in [-0.25, -0.2) is 0 Å². The Balaban J connectivity index is 1.52. The number of ether oxygens (including phenoxy) is 2. The normalized spacial score (nSPS) is 15.5. The highest BCUT2D eigenvalue weighted by Gasteiger charge is 2.36. The molecular formula is C25H23ClN2O4. The number of anilines is 2. The van der Waals surface area contributed by atoms with Crippen molar-refractivity contribution in [3.05, 3.63) is 77.3 Å². The lowest BCUT2D eigenvalue weighted by atomic mass is 10.1. The van der Waals surface area contributed by atoms with E-state index in [1.807, 2.05) is 55.5 Å². The number of amides is 2. The number of nitrogens with one attached hydrogen (secondary N) is 1. The predicted octanol–water partition coefficient (Wildman–Crippen LogP) is 5.44. The number of aryl methyl sites for hydroxylation is 1. The van der Waals surface area contributed by atoms with Crippen molar-refractivity contribution < 1.29 is 19.1 Å². The van der Waals surface area contributed by atoms with E-state index in [2.05, 4.69) is 5.32 Å². The summed E-state index contributed by atoms with van der Waals surface area (Å²) in [4.78, 5) is 27.4. The minimum absolute atomic E-state index is 0.109. The summed E-state index contributed by atoms with van der Waals surface area (Å²) in [6.45, 7) is 2.21. The van der Waals surface area contributed by atoms with Crippen LogP contribution in [0, 0.1) is 12.8 Å². The van der Waals surface area contributed by atoms with Crippen molar-refractivity contribution in [1.29, 1.82) is 0 Å². The summed E-state index contributed by atoms with van der Waals surface area (Å²) in [5.74, 6) is 0.790. The van der Waals surface area contributed by atoms with Gasteiger partial charge in [-0.15, -0.1) is 0 Å². The number of methoxy groups -OCH3 is 1. The van der Waals surface area contributed by atoms with Crippen LogP contribution < -0.4 is 19.7 Å². The Morgan fingerprint density at radius 2 is 1.81 bits per heavy atom. The molecule has 3 aromatic carbocycles. The summed E-state index contributed by atoms with van der Waals surface area (Å²) in [5, 5.41) is 3.35. The zero-order valence-corrected chi connectivity index (χ0v) is 18.6. The van der Waals surface area contributed by atoms with Gasteiger partial charge < -0.3 is 19.7 Å². The Morgan fingerprint density at radius 1 is 1.06 bits per heavy atom. The molecule has 0 spiro atoms. The quantitative estimate of drug-likeness (QED) is 0.543. The number of halogens is 1. The first-order valence-electron chi connectivity index (χ1n) is 10.2. The Labute approximate surface area is 191 Å². The van der Waals surface area contributed by atoms with Gasteiger partial charge in [-0.2, -0.15) is 0 Å². The van der Waals surface area contributed by atoms with E-state index in [0.29, 0.717) is 33.6 Å². The largest absolute Gasteiger partial charge is 0.495 e. The Hall–Kier alpha value is -3.51. The summed E-state index contributed by atoms with van der Waals surface area (Å²) in [7, 11) is 1.56. The molecule has 0 aliphatic carbocycles. The van der Waals surface area contributed by atoms with E-state index in [9.17, 15) is 9.59 Å². The third-order valence-electron chi connectivity index (χ3n) is 5.29. The molecule has 0 aromatic heterocycles. The third-order valence-corrected chi connectivity index (χ3v) is 5.53. The standard InChI is InChI=1S/C25H23ClN2O4/c1-16-8-10-23(31-2)21(12-16)28-15-17(13-24(28)29)25(30)27-20-14-18(26)9-11-22(20)32-19-6-4-3-5-7-19/h3-12,14,17H,13,15H2,1-2H3,(H,27,30). The van der Waals surface area contributed by atoms with Gasteiger partial charge in [0.05, 0.1) is 24.4 Å². The first-order chi connectivity index (χ1) is 15.4. The molecule has 1 fully saturated rings. The van der Waals surface area contributed by atoms with Gasteiger partial charge in [0.1, 0.15) is 11.5 Å². The number of carbonyl (C=O) groups is 2. The number of rotatable bonds is 6. The molecule has 1 saturated heterocycles. The first-order valence-corrected chi connectivity index (χ1v) is 10.6. The van der Waals surface area contributed by atoms with Crippen molar-refractivity contribution in [1.82, 2.24) is 0 Å². The summed E-state index contributed by atoms with van der Waals surface area (Å²) in [6, 6.07) is 19.9. The van der Waals surface area contributed by atoms with Gasteiger partial charge >= 0.3 is 0 Å². The number of carbonyl (C=O) groups excluding carboxylic acids is 2. The highest BCUT2D eigenvalue weighted by Crippen LogP contribution is 2.36. The first kappa shape index (κ1) is 21.7. The number of para-hydroxylation sites is 1. The zero-order chi connectivity index (χ0) is 22.7. The molecule has 0 saturated carbocycles. The Kier molecular flexibility index (Phi) is 6.32. The molecule has 6 nitrogen and oxygen atoms in total. The highest BCUT2D eigenvalue weighted by atomic mass is 35.5. The molecule has 32 heavy (non-hydrogen) atoms. The van der Waals surface area contributed by atoms with Crippen molar-refractivity contribution in [2.75, 3.05) is 23.9 Å². The lowest BCUT2D eigenvalue weighted by Gasteiger charge is -2.20. The average molecular weight is 451 g/mol. The van der Waals surface area contributed by atoms with Crippen molar-refractivity contribution >= 4 is 34.8 Å². The van der Waals surface area contributed by atoms with E-state index in [0.717, 1.165) is 5.56 Å². The smallest absolute Gasteiger partial charge is 0.229 e. The molecule has 3 aromatic rings. The summed E-state index contributed by atoms with van der Waals surface area (Å²) in [6.07, 6.45) is 0.109. The minimum atomic E-state index is -0.517. The van der Waals surface area contributed by atoms with E-state index in [-0.39, 0.29) is 24.8 Å². The van der Waals surface area contributed by atoms with E-state index in [1.54, 1.807) is 30.2 Å². The Bertz CT molecular complexity index is 1150. The molecule has 4 rings (SSSR count). The Morgan fingerprint density at radius 3 is 2.56 bits per heavy atom. The maximum atomic E-state index is 13.1. The van der Waals surface area contributed by atoms with Gasteiger partial charge in [0.25, 0.3) is 0 Å². The summed E-state index contributed by atoms with van der Waals surface area (Å²) >= 11 is 6.15. The SMILES string of the molecule is COc1ccc(C)cc1N1CC(C(=O)Nc2cc(Cl)ccc2Oc2ccccc2)CC1=O. The summed E-state index contributed by atoms with van der Waals surface area (Å²) in [5.41, 5.74) is 2.12. The van der Waals surface area contributed by atoms with E-state index in [1.165, 1.54) is 0 Å². The van der Waals surface area contributed by atoms with E-state index >= 15 is 0 Å². The van der Waals surface area contributed by atoms with Crippen LogP contribution in [0.15, 0.2) is 66.7 Å². The number of benzene rings is 3. The third kappa shape index (κ3) is 4.70. The molecule has 1 unspecified atom stereocenters. The maximum Gasteiger partial charge on any atom is 0.229 e. The molecule has 1 atom stereocenters. The van der Waals surface area contributed by atoms with Gasteiger partial charge in [0.2, 0.25) is 11.8 Å². The van der Waals surface area contributed by atoms with Crippen molar-refractivity contribution in [2.24, 2.45) is 5.92 Å². The van der Waals surface area contributed by atoms with Gasteiger partial charge in [-0.1, -0.05) is 35.9 Å². The topological polar surface area (TPSA) is 67.9 Å². The fourth-order valence-corrected chi connectivity index (χ4v) is 3.84. The predicted molar refractivity (Wildman–Crippen MR) is 125 cm³/mol. The molecule has 1 aliphatic heterocycles. The van der Waals surface area contributed by atoms with Crippen LogP contribution in [-0.2, 0) is 9.59 Å². The molecule has 0 bridgehead atoms. The van der Waals surface area contributed by atoms with Gasteiger partial charge in [-0.05, 0) is 55.0 Å². The number of hydrogen-bond acceptors (Lipinski definition) is 4. The molecule has 2 amide bonds. The molecule has 1 aliphatic rings. The molecular weight excluding hydrogens is 428 g/mol. The van der Waals surface area contributed by atoms with Crippen LogP contribution >= 0.6 is 11.6 Å². The fourth-order valence-electron chi connectivity index (χ4n) is 3.67. The van der Waals surface area contributed by atoms with Gasteiger partial charge in [0.15, 0.2) is 5.75 Å². The van der Waals surface area contributed by atoms with E-state index in [4.69, 9.17) is 21.1 Å². The van der Waals surface area contributed by atoms with Crippen LogP contribution in [0.3, 0.4) is 0 Å². The lowest BCUT2D eigenvalue weighted by molar-refractivity contribution is -0.122. The van der Waals surface area contributed by atoms with Gasteiger partial charge in [0, 0.05) is 18.0 Å². The van der Waals surface area contributed by atoms with Crippen LogP contribution in [0.5, 0.6) is 17.2 Å². The van der Waals surface area contributed by atoms with Crippen LogP contribution in [0.25, 0.3) is 0 Å². The van der Waals surface area contributed by atoms with Crippen molar-refractivity contribution in [2.45, 2.75) is 13.3 Å². The average Bonchev–Trinajstić information content (AvgIpc) is 3.18. The van der Waals surface area contributed by atoms with Crippen molar-refractivity contribution in [3.63, 3.8) is 0 Å². The fraction of sp³-hybridized carbons (Fsp3) is 0.200. The van der Waals surface area contributed by atoms with Crippen LogP contribution in [0.4, 0.5) is 11.4 Å². The minimum Gasteiger partial charge on any atom is -0.495 e. The number of nitrogens with zero attached hydrogens (tertiary/aromatic N) is 1. The monoisotopic (exact) mass is 450 g/mol.